The molecule has 4 unspecified atom stereocenters. The lowest BCUT2D eigenvalue weighted by molar-refractivity contribution is 0.215. The van der Waals surface area contributed by atoms with Gasteiger partial charge in [-0.1, -0.05) is 30.3 Å². The van der Waals surface area contributed by atoms with Crippen LogP contribution < -0.4 is 16.2 Å². The van der Waals surface area contributed by atoms with Crippen LogP contribution >= 0.6 is 11.8 Å². The Labute approximate surface area is 195 Å². The van der Waals surface area contributed by atoms with Crippen LogP contribution in [0, 0.1) is 23.6 Å². The number of ether oxygens (including phenoxy) is 1. The highest BCUT2D eigenvalue weighted by Crippen LogP contribution is 2.52. The molecule has 0 aliphatic heterocycles. The minimum absolute atomic E-state index is 0.0916. The van der Waals surface area contributed by atoms with Crippen molar-refractivity contribution in [2.45, 2.75) is 56.2 Å². The molecule has 2 aliphatic rings. The number of benzene rings is 1. The molecule has 4 atom stereocenters. The number of thioether (sulfide) groups is 1. The Morgan fingerprint density at radius 2 is 1.91 bits per heavy atom. The third-order valence-corrected chi connectivity index (χ3v) is 7.73. The zero-order chi connectivity index (χ0) is 22.9. The van der Waals surface area contributed by atoms with Crippen LogP contribution in [0.15, 0.2) is 29.4 Å². The molecule has 2 heterocycles. The van der Waals surface area contributed by atoms with Crippen molar-refractivity contribution in [2.75, 3.05) is 11.5 Å². The SMILES string of the molecule is CC(C1CC2CCC1C2)n1c(COc2ccccc2F)nnc1SCc1nc(N)nc(N)n1. The molecule has 174 valence electrons. The van der Waals surface area contributed by atoms with E-state index >= 15 is 0 Å². The van der Waals surface area contributed by atoms with Crippen molar-refractivity contribution in [3.63, 3.8) is 0 Å². The Bertz CT molecular complexity index is 1120. The van der Waals surface area contributed by atoms with Crippen molar-refractivity contribution in [1.29, 1.82) is 0 Å². The van der Waals surface area contributed by atoms with Gasteiger partial charge in [-0.25, -0.2) is 4.39 Å². The number of nitrogen functional groups attached to an aromatic ring is 2. The molecule has 5 rings (SSSR count). The minimum Gasteiger partial charge on any atom is -0.483 e. The Kier molecular flexibility index (Phi) is 6.05. The quantitative estimate of drug-likeness (QED) is 0.474. The summed E-state index contributed by atoms with van der Waals surface area (Å²) >= 11 is 1.47. The summed E-state index contributed by atoms with van der Waals surface area (Å²) in [5, 5.41) is 9.58. The number of halogens is 1. The van der Waals surface area contributed by atoms with Gasteiger partial charge in [0.05, 0.1) is 5.75 Å². The highest BCUT2D eigenvalue weighted by atomic mass is 32.2. The molecule has 2 saturated carbocycles. The average Bonchev–Trinajstić information content (AvgIpc) is 3.52. The van der Waals surface area contributed by atoms with Gasteiger partial charge in [-0.2, -0.15) is 15.0 Å². The van der Waals surface area contributed by atoms with Gasteiger partial charge in [0.25, 0.3) is 0 Å². The fourth-order valence-electron chi connectivity index (χ4n) is 5.34. The number of rotatable bonds is 8. The van der Waals surface area contributed by atoms with E-state index in [0.29, 0.717) is 23.3 Å². The lowest BCUT2D eigenvalue weighted by atomic mass is 9.84. The zero-order valence-electron chi connectivity index (χ0n) is 18.4. The van der Waals surface area contributed by atoms with Crippen LogP contribution in [0.2, 0.25) is 0 Å². The number of para-hydroxylation sites is 1. The van der Waals surface area contributed by atoms with Crippen LogP contribution in [0.1, 0.15) is 50.3 Å². The number of fused-ring (bicyclic) bond motifs is 2. The van der Waals surface area contributed by atoms with E-state index in [1.54, 1.807) is 18.2 Å². The van der Waals surface area contributed by atoms with Crippen LogP contribution in [0.5, 0.6) is 5.75 Å². The largest absolute Gasteiger partial charge is 0.483 e. The van der Waals surface area contributed by atoms with Gasteiger partial charge < -0.3 is 16.2 Å². The zero-order valence-corrected chi connectivity index (χ0v) is 19.2. The molecule has 0 spiro atoms. The number of hydrogen-bond donors (Lipinski definition) is 2. The van der Waals surface area contributed by atoms with Gasteiger partial charge in [-0.05, 0) is 56.1 Å². The van der Waals surface area contributed by atoms with E-state index in [1.165, 1.54) is 43.5 Å². The highest BCUT2D eigenvalue weighted by Gasteiger charge is 2.43. The molecule has 2 bridgehead atoms. The predicted molar refractivity (Wildman–Crippen MR) is 123 cm³/mol. The van der Waals surface area contributed by atoms with Crippen LogP contribution in [0.3, 0.4) is 0 Å². The molecule has 0 saturated heterocycles. The monoisotopic (exact) mass is 470 g/mol. The van der Waals surface area contributed by atoms with Crippen LogP contribution in [-0.4, -0.2) is 29.7 Å². The first-order valence-corrected chi connectivity index (χ1v) is 12.2. The van der Waals surface area contributed by atoms with E-state index in [1.807, 2.05) is 0 Å². The van der Waals surface area contributed by atoms with Crippen LogP contribution in [-0.2, 0) is 12.4 Å². The van der Waals surface area contributed by atoms with Crippen LogP contribution in [0.4, 0.5) is 16.3 Å². The molecule has 2 aromatic heterocycles. The van der Waals surface area contributed by atoms with Gasteiger partial charge in [0.2, 0.25) is 11.9 Å². The second-order valence-corrected chi connectivity index (χ2v) is 9.77. The van der Waals surface area contributed by atoms with Gasteiger partial charge in [0.1, 0.15) is 12.4 Å². The smallest absolute Gasteiger partial charge is 0.225 e. The highest BCUT2D eigenvalue weighted by molar-refractivity contribution is 7.98. The molecular formula is C22H27FN8OS. The number of nitrogens with two attached hydrogens (primary N) is 2. The first kappa shape index (κ1) is 21.9. The van der Waals surface area contributed by atoms with Gasteiger partial charge in [-0.15, -0.1) is 10.2 Å². The number of anilines is 2. The molecule has 9 nitrogen and oxygen atoms in total. The van der Waals surface area contributed by atoms with Gasteiger partial charge >= 0.3 is 0 Å². The summed E-state index contributed by atoms with van der Waals surface area (Å²) in [6, 6.07) is 6.57. The predicted octanol–water partition coefficient (Wildman–Crippen LogP) is 3.64. The normalized spacial score (nSPS) is 22.5. The maximum absolute atomic E-state index is 14.1. The second-order valence-electron chi connectivity index (χ2n) is 8.82. The maximum atomic E-state index is 14.1. The summed E-state index contributed by atoms with van der Waals surface area (Å²) < 4.78 is 22.0. The third kappa shape index (κ3) is 4.59. The lowest BCUT2D eigenvalue weighted by Gasteiger charge is -2.30. The molecule has 2 fully saturated rings. The Balaban J connectivity index is 1.39. The molecule has 11 heteroatoms. The number of hydrogen-bond acceptors (Lipinski definition) is 9. The van der Waals surface area contributed by atoms with Crippen molar-refractivity contribution in [1.82, 2.24) is 29.7 Å². The topological polar surface area (TPSA) is 131 Å². The fraction of sp³-hybridized carbons (Fsp3) is 0.500. The summed E-state index contributed by atoms with van der Waals surface area (Å²) in [5.74, 6) is 3.68. The van der Waals surface area contributed by atoms with Gasteiger partial charge in [0, 0.05) is 6.04 Å². The van der Waals surface area contributed by atoms with E-state index in [9.17, 15) is 4.39 Å². The summed E-state index contributed by atoms with van der Waals surface area (Å²) in [6.45, 7) is 2.36. The fourth-order valence-corrected chi connectivity index (χ4v) is 6.24. The van der Waals surface area contributed by atoms with E-state index in [4.69, 9.17) is 16.2 Å². The molecule has 33 heavy (non-hydrogen) atoms. The molecule has 2 aliphatic carbocycles. The maximum Gasteiger partial charge on any atom is 0.225 e. The molecule has 0 amide bonds. The summed E-state index contributed by atoms with van der Waals surface area (Å²) in [6.07, 6.45) is 5.16. The summed E-state index contributed by atoms with van der Waals surface area (Å²) in [5.41, 5.74) is 11.4. The van der Waals surface area contributed by atoms with Crippen molar-refractivity contribution >= 4 is 23.7 Å². The average molecular weight is 471 g/mol. The Morgan fingerprint density at radius 3 is 2.61 bits per heavy atom. The van der Waals surface area contributed by atoms with Crippen molar-refractivity contribution < 1.29 is 9.13 Å². The minimum atomic E-state index is -0.399. The van der Waals surface area contributed by atoms with E-state index < -0.39 is 5.82 Å². The van der Waals surface area contributed by atoms with Gasteiger partial charge in [0.15, 0.2) is 22.5 Å². The van der Waals surface area contributed by atoms with E-state index in [0.717, 1.165) is 17.0 Å². The lowest BCUT2D eigenvalue weighted by Crippen LogP contribution is -2.24. The first-order chi connectivity index (χ1) is 16.0. The number of nitrogens with zero attached hydrogens (tertiary/aromatic N) is 6. The van der Waals surface area contributed by atoms with Crippen molar-refractivity contribution in [3.05, 3.63) is 41.7 Å². The molecule has 4 N–H and O–H groups in total. The van der Waals surface area contributed by atoms with Gasteiger partial charge in [-0.3, -0.25) is 4.57 Å². The van der Waals surface area contributed by atoms with Crippen molar-refractivity contribution in [3.8, 4) is 5.75 Å². The molecule has 1 aromatic carbocycles. The van der Waals surface area contributed by atoms with E-state index in [2.05, 4.69) is 36.6 Å². The Morgan fingerprint density at radius 1 is 1.12 bits per heavy atom. The third-order valence-electron chi connectivity index (χ3n) is 6.79. The molecule has 3 aromatic rings. The molecular weight excluding hydrogens is 443 g/mol. The van der Waals surface area contributed by atoms with Crippen molar-refractivity contribution in [2.24, 2.45) is 17.8 Å². The standard InChI is InChI=1S/C22H27FN8OS/c1-12(15-9-13-6-7-14(15)8-13)31-19(10-32-17-5-3-2-4-16(17)23)29-30-22(31)33-11-18-26-20(24)28-21(25)27-18/h2-5,12-15H,6-11H2,1H3,(H4,24,25,26,27,28). The van der Waals surface area contributed by atoms with E-state index in [-0.39, 0.29) is 30.3 Å². The number of aromatic nitrogens is 6. The first-order valence-electron chi connectivity index (χ1n) is 11.2. The molecule has 0 radical (unpaired) electrons. The second kappa shape index (κ2) is 9.12. The van der Waals surface area contributed by atoms with Crippen LogP contribution in [0.25, 0.3) is 0 Å². The summed E-state index contributed by atoms with van der Waals surface area (Å²) in [7, 11) is 0. The Hall–Kier alpha value is -2.95. The summed E-state index contributed by atoms with van der Waals surface area (Å²) in [4.78, 5) is 12.1.